The number of benzene rings is 1. The largest absolute Gasteiger partial charge is 0.494 e. The third-order valence-corrected chi connectivity index (χ3v) is 4.90. The number of nitrogens with zero attached hydrogens (tertiary/aromatic N) is 2. The summed E-state index contributed by atoms with van der Waals surface area (Å²) in [6.45, 7) is 8.71. The smallest absolute Gasteiger partial charge is 0.271 e. The number of pyridine rings is 1. The Morgan fingerprint density at radius 3 is 2.52 bits per heavy atom. The maximum absolute atomic E-state index is 12.7. The second kappa shape index (κ2) is 8.09. The SMILES string of the molecule is CCC(C)n1c(O)c(C(=O)COc2ccc(C)c(C)c2)c(C)c(C#N)c1=O. The molecule has 0 bridgehead atoms. The molecule has 0 saturated heterocycles. The summed E-state index contributed by atoms with van der Waals surface area (Å²) in [5, 5.41) is 19.9. The zero-order valence-electron chi connectivity index (χ0n) is 16.3. The molecule has 0 radical (unpaired) electrons. The van der Waals surface area contributed by atoms with Crippen molar-refractivity contribution in [3.8, 4) is 17.7 Å². The summed E-state index contributed by atoms with van der Waals surface area (Å²) in [5.74, 6) is -0.365. The lowest BCUT2D eigenvalue weighted by Crippen LogP contribution is -2.29. The van der Waals surface area contributed by atoms with Gasteiger partial charge in [0.05, 0.1) is 5.56 Å². The predicted octanol–water partition coefficient (Wildman–Crippen LogP) is 3.58. The van der Waals surface area contributed by atoms with Gasteiger partial charge in [0.15, 0.2) is 6.61 Å². The number of hydrogen-bond donors (Lipinski definition) is 1. The molecule has 0 aliphatic heterocycles. The number of hydrogen-bond acceptors (Lipinski definition) is 5. The van der Waals surface area contributed by atoms with Crippen LogP contribution < -0.4 is 10.3 Å². The van der Waals surface area contributed by atoms with E-state index < -0.39 is 17.2 Å². The maximum atomic E-state index is 12.7. The Labute approximate surface area is 158 Å². The molecule has 1 N–H and O–H groups in total. The van der Waals surface area contributed by atoms with Gasteiger partial charge in [0.2, 0.25) is 11.7 Å². The van der Waals surface area contributed by atoms with E-state index >= 15 is 0 Å². The van der Waals surface area contributed by atoms with Crippen LogP contribution in [0.2, 0.25) is 0 Å². The van der Waals surface area contributed by atoms with Crippen molar-refractivity contribution in [3.63, 3.8) is 0 Å². The highest BCUT2D eigenvalue weighted by Gasteiger charge is 2.25. The Kier molecular flexibility index (Phi) is 6.06. The molecule has 0 fully saturated rings. The fraction of sp³-hybridized carbons (Fsp3) is 0.381. The summed E-state index contributed by atoms with van der Waals surface area (Å²) in [6, 6.07) is 7.00. The van der Waals surface area contributed by atoms with Crippen LogP contribution in [0, 0.1) is 32.1 Å². The van der Waals surface area contributed by atoms with Gasteiger partial charge in [-0.3, -0.25) is 14.2 Å². The second-order valence-corrected chi connectivity index (χ2v) is 6.70. The number of ether oxygens (including phenoxy) is 1. The van der Waals surface area contributed by atoms with Gasteiger partial charge >= 0.3 is 0 Å². The summed E-state index contributed by atoms with van der Waals surface area (Å²) in [5.41, 5.74) is 1.55. The molecule has 0 spiro atoms. The zero-order chi connectivity index (χ0) is 20.3. The second-order valence-electron chi connectivity index (χ2n) is 6.70. The van der Waals surface area contributed by atoms with Crippen molar-refractivity contribution in [2.45, 2.75) is 47.1 Å². The lowest BCUT2D eigenvalue weighted by molar-refractivity contribution is 0.0916. The Morgan fingerprint density at radius 2 is 1.96 bits per heavy atom. The van der Waals surface area contributed by atoms with Crippen molar-refractivity contribution >= 4 is 5.78 Å². The molecule has 142 valence electrons. The number of rotatable bonds is 6. The molecule has 1 unspecified atom stereocenters. The topological polar surface area (TPSA) is 92.3 Å². The highest BCUT2D eigenvalue weighted by atomic mass is 16.5. The molecule has 2 rings (SSSR count). The highest BCUT2D eigenvalue weighted by Crippen LogP contribution is 2.26. The molecule has 1 aromatic heterocycles. The van der Waals surface area contributed by atoms with E-state index in [1.165, 1.54) is 6.92 Å². The monoisotopic (exact) mass is 368 g/mol. The van der Waals surface area contributed by atoms with Crippen LogP contribution in [0.25, 0.3) is 0 Å². The molecule has 1 aromatic carbocycles. The fourth-order valence-corrected chi connectivity index (χ4v) is 2.87. The van der Waals surface area contributed by atoms with Gasteiger partial charge in [-0.1, -0.05) is 13.0 Å². The van der Waals surface area contributed by atoms with E-state index in [-0.39, 0.29) is 29.3 Å². The number of aromatic hydroxyl groups is 1. The molecule has 6 heteroatoms. The average Bonchev–Trinajstić information content (AvgIpc) is 2.62. The van der Waals surface area contributed by atoms with Crippen LogP contribution in [-0.4, -0.2) is 22.1 Å². The third kappa shape index (κ3) is 3.87. The highest BCUT2D eigenvalue weighted by molar-refractivity contribution is 6.01. The van der Waals surface area contributed by atoms with Crippen molar-refractivity contribution in [2.24, 2.45) is 0 Å². The van der Waals surface area contributed by atoms with E-state index in [1.807, 2.05) is 39.0 Å². The first-order chi connectivity index (χ1) is 12.7. The van der Waals surface area contributed by atoms with Gasteiger partial charge in [-0.15, -0.1) is 0 Å². The van der Waals surface area contributed by atoms with Crippen LogP contribution >= 0.6 is 0 Å². The van der Waals surface area contributed by atoms with Crippen LogP contribution in [0.1, 0.15) is 58.9 Å². The number of aromatic nitrogens is 1. The molecule has 0 aliphatic carbocycles. The Balaban J connectivity index is 2.44. The van der Waals surface area contributed by atoms with E-state index in [0.717, 1.165) is 15.7 Å². The van der Waals surface area contributed by atoms with Crippen LogP contribution in [0.3, 0.4) is 0 Å². The van der Waals surface area contributed by atoms with Gasteiger partial charge in [0.25, 0.3) is 5.56 Å². The van der Waals surface area contributed by atoms with Gasteiger partial charge in [-0.25, -0.2) is 0 Å². The Bertz CT molecular complexity index is 983. The number of Topliss-reactive ketones (excluding diaryl/α,β-unsaturated/α-hetero) is 1. The van der Waals surface area contributed by atoms with Crippen LogP contribution in [0.5, 0.6) is 11.6 Å². The maximum Gasteiger partial charge on any atom is 0.271 e. The number of nitriles is 1. The van der Waals surface area contributed by atoms with Crippen molar-refractivity contribution < 1.29 is 14.6 Å². The fourth-order valence-electron chi connectivity index (χ4n) is 2.87. The van der Waals surface area contributed by atoms with Gasteiger partial charge in [-0.05, 0) is 62.9 Å². The molecule has 0 saturated carbocycles. The molecule has 0 amide bonds. The minimum atomic E-state index is -0.589. The normalized spacial score (nSPS) is 11.7. The summed E-state index contributed by atoms with van der Waals surface area (Å²) in [7, 11) is 0. The molecule has 0 aliphatic rings. The van der Waals surface area contributed by atoms with Crippen molar-refractivity contribution in [3.05, 3.63) is 56.4 Å². The van der Waals surface area contributed by atoms with E-state index in [2.05, 4.69) is 0 Å². The zero-order valence-corrected chi connectivity index (χ0v) is 16.3. The Morgan fingerprint density at radius 1 is 1.30 bits per heavy atom. The molecule has 1 atom stereocenters. The first-order valence-electron chi connectivity index (χ1n) is 8.84. The van der Waals surface area contributed by atoms with Crippen LogP contribution in [-0.2, 0) is 0 Å². The molecule has 2 aromatic rings. The number of carbonyl (C=O) groups excluding carboxylic acids is 1. The van der Waals surface area contributed by atoms with Crippen LogP contribution in [0.15, 0.2) is 23.0 Å². The predicted molar refractivity (Wildman–Crippen MR) is 103 cm³/mol. The average molecular weight is 368 g/mol. The van der Waals surface area contributed by atoms with E-state index in [0.29, 0.717) is 12.2 Å². The molecule has 6 nitrogen and oxygen atoms in total. The van der Waals surface area contributed by atoms with E-state index in [4.69, 9.17) is 4.74 Å². The number of ketones is 1. The molecular weight excluding hydrogens is 344 g/mol. The molecule has 1 heterocycles. The summed E-state index contributed by atoms with van der Waals surface area (Å²) in [4.78, 5) is 25.2. The Hall–Kier alpha value is -3.07. The number of aryl methyl sites for hydroxylation is 2. The summed E-state index contributed by atoms with van der Waals surface area (Å²) >= 11 is 0. The van der Waals surface area contributed by atoms with Gasteiger partial charge < -0.3 is 9.84 Å². The lowest BCUT2D eigenvalue weighted by Gasteiger charge is -2.19. The molecule has 27 heavy (non-hydrogen) atoms. The summed E-state index contributed by atoms with van der Waals surface area (Å²) < 4.78 is 6.67. The van der Waals surface area contributed by atoms with E-state index in [1.54, 1.807) is 13.0 Å². The van der Waals surface area contributed by atoms with E-state index in [9.17, 15) is 20.0 Å². The van der Waals surface area contributed by atoms with Gasteiger partial charge in [-0.2, -0.15) is 5.26 Å². The lowest BCUT2D eigenvalue weighted by atomic mass is 10.0. The minimum Gasteiger partial charge on any atom is -0.494 e. The summed E-state index contributed by atoms with van der Waals surface area (Å²) in [6.07, 6.45) is 0.564. The number of carbonyl (C=O) groups is 1. The first kappa shape index (κ1) is 20.2. The standard InChI is InChI=1S/C21H24N2O4/c1-6-14(4)23-20(25)17(10-22)15(5)19(21(23)26)18(24)11-27-16-8-7-12(2)13(3)9-16/h7-9,14,26H,6,11H2,1-5H3. The quantitative estimate of drug-likeness (QED) is 0.787. The first-order valence-corrected chi connectivity index (χ1v) is 8.84. The van der Waals surface area contributed by atoms with Crippen molar-refractivity contribution in [1.29, 1.82) is 5.26 Å². The van der Waals surface area contributed by atoms with Crippen molar-refractivity contribution in [1.82, 2.24) is 4.57 Å². The molecular formula is C21H24N2O4. The van der Waals surface area contributed by atoms with Gasteiger partial charge in [0.1, 0.15) is 17.4 Å². The van der Waals surface area contributed by atoms with Crippen molar-refractivity contribution in [2.75, 3.05) is 6.61 Å². The van der Waals surface area contributed by atoms with Crippen LogP contribution in [0.4, 0.5) is 0 Å². The van der Waals surface area contributed by atoms with Gasteiger partial charge in [0, 0.05) is 6.04 Å². The minimum absolute atomic E-state index is 0.0460. The third-order valence-electron chi connectivity index (χ3n) is 4.90.